The van der Waals surface area contributed by atoms with E-state index in [0.717, 1.165) is 16.7 Å². The number of hydrogen-bond donors (Lipinski definition) is 2. The first-order chi connectivity index (χ1) is 22.4. The van der Waals surface area contributed by atoms with Crippen LogP contribution in [0.3, 0.4) is 0 Å². The maximum Gasteiger partial charge on any atom is 0.255 e. The number of benzene rings is 4. The van der Waals surface area contributed by atoms with Gasteiger partial charge in [0, 0.05) is 10.7 Å². The predicted octanol–water partition coefficient (Wildman–Crippen LogP) is 6.87. The molecule has 11 heteroatoms. The topological polar surface area (TPSA) is 106 Å². The molecule has 0 saturated heterocycles. The van der Waals surface area contributed by atoms with Gasteiger partial charge in [0.15, 0.2) is 34.5 Å². The molecular weight excluding hydrogens is 612 g/mol. The van der Waals surface area contributed by atoms with E-state index in [1.807, 2.05) is 54.6 Å². The molecular formula is C35H35ClN2O8. The first kappa shape index (κ1) is 32.2. The highest BCUT2D eigenvalue weighted by molar-refractivity contribution is 6.31. The number of hydrogen-bond acceptors (Lipinski definition) is 9. The number of carbonyl (C=O) groups is 1. The molecule has 0 aliphatic carbocycles. The third-order valence-corrected chi connectivity index (χ3v) is 7.50. The molecule has 0 bridgehead atoms. The Balaban J connectivity index is 1.22. The maximum absolute atomic E-state index is 12.7. The standard InChI is InChI=1S/C35H35ClN2O8/c1-40-27-12-8-21(6-7-22-17-31(42-3)33(44-5)32(18-22)43-4)16-30(27)46-15-14-45-28-13-9-23(19-29(28)41-2)34-37-26-11-10-24(36)20-25(26)35(39)38-34/h6-13,16-20,34,37H,14-15H2,1-5H3,(H,38,39). The molecule has 2 N–H and O–H groups in total. The number of nitrogens with one attached hydrogen (secondary N) is 2. The van der Waals surface area contributed by atoms with Gasteiger partial charge in [0.25, 0.3) is 5.91 Å². The summed E-state index contributed by atoms with van der Waals surface area (Å²) >= 11 is 6.05. The molecule has 240 valence electrons. The average molecular weight is 647 g/mol. The van der Waals surface area contributed by atoms with Gasteiger partial charge in [-0.2, -0.15) is 0 Å². The van der Waals surface area contributed by atoms with E-state index in [-0.39, 0.29) is 19.1 Å². The molecule has 1 aliphatic heterocycles. The van der Waals surface area contributed by atoms with Crippen LogP contribution in [0.5, 0.6) is 40.2 Å². The van der Waals surface area contributed by atoms with Crippen molar-refractivity contribution in [2.45, 2.75) is 6.17 Å². The van der Waals surface area contributed by atoms with Crippen LogP contribution in [0.2, 0.25) is 5.02 Å². The lowest BCUT2D eigenvalue weighted by Gasteiger charge is -2.28. The van der Waals surface area contributed by atoms with Crippen LogP contribution >= 0.6 is 11.6 Å². The van der Waals surface area contributed by atoms with Crippen LogP contribution in [0.4, 0.5) is 5.69 Å². The largest absolute Gasteiger partial charge is 0.493 e. The van der Waals surface area contributed by atoms with E-state index in [9.17, 15) is 4.79 Å². The van der Waals surface area contributed by atoms with Crippen LogP contribution in [0.1, 0.15) is 33.2 Å². The van der Waals surface area contributed by atoms with Crippen molar-refractivity contribution in [3.05, 3.63) is 94.0 Å². The summed E-state index contributed by atoms with van der Waals surface area (Å²) in [4.78, 5) is 12.7. The number of fused-ring (bicyclic) bond motifs is 1. The van der Waals surface area contributed by atoms with E-state index >= 15 is 0 Å². The van der Waals surface area contributed by atoms with Gasteiger partial charge in [-0.1, -0.05) is 35.9 Å². The Hall–Kier alpha value is -5.22. The molecule has 4 aromatic carbocycles. The molecule has 1 aliphatic rings. The Labute approximate surface area is 272 Å². The second kappa shape index (κ2) is 14.7. The van der Waals surface area contributed by atoms with Crippen molar-refractivity contribution in [1.29, 1.82) is 0 Å². The Morgan fingerprint density at radius 3 is 1.93 bits per heavy atom. The van der Waals surface area contributed by atoms with Crippen LogP contribution < -0.4 is 43.8 Å². The quantitative estimate of drug-likeness (QED) is 0.119. The maximum atomic E-state index is 12.7. The number of methoxy groups -OCH3 is 5. The molecule has 0 saturated carbocycles. The van der Waals surface area contributed by atoms with Crippen molar-refractivity contribution < 1.29 is 38.0 Å². The van der Waals surface area contributed by atoms with Gasteiger partial charge in [0.05, 0.1) is 41.1 Å². The van der Waals surface area contributed by atoms with Crippen molar-refractivity contribution in [2.75, 3.05) is 54.1 Å². The first-order valence-corrected chi connectivity index (χ1v) is 14.7. The fraction of sp³-hybridized carbons (Fsp3) is 0.229. The summed E-state index contributed by atoms with van der Waals surface area (Å²) in [6.07, 6.45) is 3.44. The van der Waals surface area contributed by atoms with Crippen LogP contribution in [0.15, 0.2) is 66.7 Å². The van der Waals surface area contributed by atoms with Gasteiger partial charge in [0.1, 0.15) is 19.4 Å². The highest BCUT2D eigenvalue weighted by atomic mass is 35.5. The third-order valence-electron chi connectivity index (χ3n) is 7.26. The fourth-order valence-electron chi connectivity index (χ4n) is 4.98. The van der Waals surface area contributed by atoms with Crippen molar-refractivity contribution >= 4 is 35.3 Å². The van der Waals surface area contributed by atoms with E-state index in [2.05, 4.69) is 10.6 Å². The van der Waals surface area contributed by atoms with Crippen molar-refractivity contribution in [3.63, 3.8) is 0 Å². The second-order valence-corrected chi connectivity index (χ2v) is 10.5. The minimum Gasteiger partial charge on any atom is -0.493 e. The van der Waals surface area contributed by atoms with E-state index in [0.29, 0.717) is 56.5 Å². The summed E-state index contributed by atoms with van der Waals surface area (Å²) in [6, 6.07) is 20.1. The van der Waals surface area contributed by atoms with E-state index in [1.54, 1.807) is 59.8 Å². The van der Waals surface area contributed by atoms with E-state index in [4.69, 9.17) is 44.8 Å². The highest BCUT2D eigenvalue weighted by Gasteiger charge is 2.25. The SMILES string of the molecule is COc1cc(C2NC(=O)c3cc(Cl)ccc3N2)ccc1OCCOc1cc(C=Cc2cc(OC)c(OC)c(OC)c2)ccc1OC. The number of amides is 1. The van der Waals surface area contributed by atoms with Gasteiger partial charge < -0.3 is 43.8 Å². The third kappa shape index (κ3) is 7.18. The second-order valence-electron chi connectivity index (χ2n) is 10.1. The highest BCUT2D eigenvalue weighted by Crippen LogP contribution is 2.39. The van der Waals surface area contributed by atoms with Crippen molar-refractivity contribution in [3.8, 4) is 40.2 Å². The Kier molecular flexibility index (Phi) is 10.3. The molecule has 46 heavy (non-hydrogen) atoms. The molecule has 0 aromatic heterocycles. The fourth-order valence-corrected chi connectivity index (χ4v) is 5.16. The molecule has 5 rings (SSSR count). The molecule has 0 fully saturated rings. The molecule has 4 aromatic rings. The monoisotopic (exact) mass is 646 g/mol. The van der Waals surface area contributed by atoms with Crippen LogP contribution in [-0.2, 0) is 0 Å². The van der Waals surface area contributed by atoms with Crippen LogP contribution in [-0.4, -0.2) is 54.7 Å². The lowest BCUT2D eigenvalue weighted by Crippen LogP contribution is -2.38. The average Bonchev–Trinajstić information content (AvgIpc) is 3.08. The normalized spacial score (nSPS) is 13.7. The van der Waals surface area contributed by atoms with Gasteiger partial charge in [-0.15, -0.1) is 0 Å². The smallest absolute Gasteiger partial charge is 0.255 e. The minimum atomic E-state index is -0.449. The van der Waals surface area contributed by atoms with E-state index in [1.165, 1.54) is 0 Å². The zero-order chi connectivity index (χ0) is 32.6. The molecule has 1 heterocycles. The van der Waals surface area contributed by atoms with Crippen LogP contribution in [0.25, 0.3) is 12.2 Å². The number of halogens is 1. The zero-order valence-corrected chi connectivity index (χ0v) is 26.9. The Bertz CT molecular complexity index is 1720. The lowest BCUT2D eigenvalue weighted by molar-refractivity contribution is 0.0935. The predicted molar refractivity (Wildman–Crippen MR) is 177 cm³/mol. The van der Waals surface area contributed by atoms with Gasteiger partial charge in [0.2, 0.25) is 5.75 Å². The van der Waals surface area contributed by atoms with Crippen molar-refractivity contribution in [2.24, 2.45) is 0 Å². The Morgan fingerprint density at radius 2 is 1.26 bits per heavy atom. The van der Waals surface area contributed by atoms with Gasteiger partial charge in [-0.05, 0) is 71.3 Å². The number of carbonyl (C=O) groups excluding carboxylic acids is 1. The summed E-state index contributed by atoms with van der Waals surface area (Å²) in [7, 11) is 7.89. The summed E-state index contributed by atoms with van der Waals surface area (Å²) in [5, 5.41) is 6.77. The lowest BCUT2D eigenvalue weighted by atomic mass is 10.1. The summed E-state index contributed by atoms with van der Waals surface area (Å²) < 4.78 is 39.5. The molecule has 1 amide bonds. The molecule has 0 radical (unpaired) electrons. The number of ether oxygens (including phenoxy) is 7. The minimum absolute atomic E-state index is 0.214. The summed E-state index contributed by atoms with van der Waals surface area (Å²) in [5.41, 5.74) is 3.77. The van der Waals surface area contributed by atoms with Crippen molar-refractivity contribution in [1.82, 2.24) is 5.32 Å². The number of rotatable bonds is 13. The van der Waals surface area contributed by atoms with Gasteiger partial charge in [-0.25, -0.2) is 0 Å². The zero-order valence-electron chi connectivity index (χ0n) is 26.1. The molecule has 0 spiro atoms. The summed E-state index contributed by atoms with van der Waals surface area (Å²) in [5.74, 6) is 3.68. The molecule has 10 nitrogen and oxygen atoms in total. The Morgan fingerprint density at radius 1 is 0.630 bits per heavy atom. The van der Waals surface area contributed by atoms with Crippen LogP contribution in [0, 0.1) is 0 Å². The molecule has 1 unspecified atom stereocenters. The van der Waals surface area contributed by atoms with Gasteiger partial charge in [-0.3, -0.25) is 4.79 Å². The van der Waals surface area contributed by atoms with Gasteiger partial charge >= 0.3 is 0 Å². The first-order valence-electron chi connectivity index (χ1n) is 14.3. The summed E-state index contributed by atoms with van der Waals surface area (Å²) in [6.45, 7) is 0.498. The molecule has 1 atom stereocenters. The number of anilines is 1. The van der Waals surface area contributed by atoms with E-state index < -0.39 is 6.17 Å².